The molecule has 6 heteroatoms. The molecule has 0 unspecified atom stereocenters. The molecule has 0 amide bonds. The fourth-order valence-electron chi connectivity index (χ4n) is 4.22. The van der Waals surface area contributed by atoms with Crippen LogP contribution in [0.3, 0.4) is 0 Å². The highest BCUT2D eigenvalue weighted by molar-refractivity contribution is 7.89. The number of rotatable bonds is 5. The third-order valence-electron chi connectivity index (χ3n) is 5.79. The van der Waals surface area contributed by atoms with Crippen LogP contribution < -0.4 is 0 Å². The Hall–Kier alpha value is -1.37. The lowest BCUT2D eigenvalue weighted by molar-refractivity contribution is 0.189. The van der Waals surface area contributed by atoms with Gasteiger partial charge in [-0.25, -0.2) is 8.42 Å². The van der Waals surface area contributed by atoms with Gasteiger partial charge in [0.25, 0.3) is 0 Å². The lowest BCUT2D eigenvalue weighted by Gasteiger charge is -2.35. The normalized spacial score (nSPS) is 21.3. The van der Waals surface area contributed by atoms with Gasteiger partial charge in [0.2, 0.25) is 10.0 Å². The van der Waals surface area contributed by atoms with E-state index in [2.05, 4.69) is 34.3 Å². The molecule has 1 aliphatic heterocycles. The van der Waals surface area contributed by atoms with Gasteiger partial charge in [0.15, 0.2) is 0 Å². The van der Waals surface area contributed by atoms with Crippen molar-refractivity contribution in [2.24, 2.45) is 0 Å². The molecule has 0 bridgehead atoms. The molecule has 1 N–H and O–H groups in total. The van der Waals surface area contributed by atoms with Crippen LogP contribution in [0, 0.1) is 0 Å². The van der Waals surface area contributed by atoms with Gasteiger partial charge in [0, 0.05) is 49.8 Å². The molecule has 1 saturated heterocycles. The first-order chi connectivity index (χ1) is 12.1. The zero-order chi connectivity index (χ0) is 17.3. The van der Waals surface area contributed by atoms with Crippen molar-refractivity contribution in [1.82, 2.24) is 14.2 Å². The van der Waals surface area contributed by atoms with Gasteiger partial charge in [-0.05, 0) is 30.9 Å². The van der Waals surface area contributed by atoms with Crippen LogP contribution in [0.5, 0.6) is 0 Å². The summed E-state index contributed by atoms with van der Waals surface area (Å²) in [6, 6.07) is 8.39. The quantitative estimate of drug-likeness (QED) is 0.891. The van der Waals surface area contributed by atoms with Crippen molar-refractivity contribution in [3.63, 3.8) is 0 Å². The number of sulfonamides is 1. The van der Waals surface area contributed by atoms with Gasteiger partial charge in [-0.1, -0.05) is 31.0 Å². The van der Waals surface area contributed by atoms with E-state index < -0.39 is 10.0 Å². The van der Waals surface area contributed by atoms with Gasteiger partial charge in [0.05, 0.1) is 5.25 Å². The summed E-state index contributed by atoms with van der Waals surface area (Å²) in [5, 5.41) is 1.18. The number of nitrogens with zero attached hydrogens (tertiary/aromatic N) is 2. The smallest absolute Gasteiger partial charge is 0.217 e. The summed E-state index contributed by atoms with van der Waals surface area (Å²) in [7, 11) is -3.07. The molecule has 2 aliphatic rings. The van der Waals surface area contributed by atoms with E-state index in [-0.39, 0.29) is 5.25 Å². The second-order valence-corrected chi connectivity index (χ2v) is 9.51. The summed E-state index contributed by atoms with van der Waals surface area (Å²) in [6.07, 6.45) is 6.93. The lowest BCUT2D eigenvalue weighted by Crippen LogP contribution is -2.51. The number of H-pyrrole nitrogens is 1. The third kappa shape index (κ3) is 3.48. The molecule has 4 rings (SSSR count). The Morgan fingerprint density at radius 3 is 2.52 bits per heavy atom. The number of hydrogen-bond donors (Lipinski definition) is 1. The molecule has 0 atom stereocenters. The Bertz CT molecular complexity index is 816. The molecule has 25 heavy (non-hydrogen) atoms. The van der Waals surface area contributed by atoms with Crippen molar-refractivity contribution in [3.05, 3.63) is 36.0 Å². The topological polar surface area (TPSA) is 56.4 Å². The van der Waals surface area contributed by atoms with Gasteiger partial charge >= 0.3 is 0 Å². The van der Waals surface area contributed by atoms with Crippen molar-refractivity contribution < 1.29 is 8.42 Å². The van der Waals surface area contributed by atoms with E-state index in [1.807, 2.05) is 6.07 Å². The second-order valence-electron chi connectivity index (χ2n) is 7.30. The van der Waals surface area contributed by atoms with E-state index in [4.69, 9.17) is 0 Å². The summed E-state index contributed by atoms with van der Waals surface area (Å²) < 4.78 is 27.1. The van der Waals surface area contributed by atoms with Gasteiger partial charge in [-0.2, -0.15) is 4.31 Å². The standard InChI is InChI=1S/C19H27N3O2S/c23-25(24,17-5-1-2-6-17)22-13-11-21(12-14-22)10-9-16-15-20-19-8-4-3-7-18(16)19/h3-4,7-8,15,17,20H,1-2,5-6,9-14H2. The van der Waals surface area contributed by atoms with Gasteiger partial charge < -0.3 is 9.88 Å². The highest BCUT2D eigenvalue weighted by Gasteiger charge is 2.35. The minimum Gasteiger partial charge on any atom is -0.361 e. The number of piperazine rings is 1. The predicted molar refractivity (Wildman–Crippen MR) is 101 cm³/mol. The minimum atomic E-state index is -3.07. The van der Waals surface area contributed by atoms with Crippen LogP contribution >= 0.6 is 0 Å². The van der Waals surface area contributed by atoms with Crippen molar-refractivity contribution in [2.45, 2.75) is 37.4 Å². The van der Waals surface area contributed by atoms with Crippen molar-refractivity contribution in [3.8, 4) is 0 Å². The van der Waals surface area contributed by atoms with Crippen LogP contribution in [0.2, 0.25) is 0 Å². The van der Waals surface area contributed by atoms with Crippen LogP contribution in [0.4, 0.5) is 0 Å². The molecule has 0 radical (unpaired) electrons. The Balaban J connectivity index is 1.32. The summed E-state index contributed by atoms with van der Waals surface area (Å²) in [5.74, 6) is 0. The first-order valence-corrected chi connectivity index (χ1v) is 10.9. The molecule has 1 saturated carbocycles. The molecule has 1 aromatic carbocycles. The van der Waals surface area contributed by atoms with Crippen molar-refractivity contribution in [2.75, 3.05) is 32.7 Å². The Morgan fingerprint density at radius 1 is 1.04 bits per heavy atom. The first-order valence-electron chi connectivity index (χ1n) is 9.41. The zero-order valence-electron chi connectivity index (χ0n) is 14.7. The Morgan fingerprint density at radius 2 is 1.76 bits per heavy atom. The van der Waals surface area contributed by atoms with Crippen molar-refractivity contribution in [1.29, 1.82) is 0 Å². The predicted octanol–water partition coefficient (Wildman–Crippen LogP) is 2.60. The summed E-state index contributed by atoms with van der Waals surface area (Å²) in [6.45, 7) is 3.96. The first kappa shape index (κ1) is 17.1. The minimum absolute atomic E-state index is 0.120. The molecular weight excluding hydrogens is 334 g/mol. The lowest BCUT2D eigenvalue weighted by atomic mass is 10.1. The molecule has 2 fully saturated rings. The highest BCUT2D eigenvalue weighted by atomic mass is 32.2. The molecular formula is C19H27N3O2S. The maximum Gasteiger partial charge on any atom is 0.217 e. The molecule has 1 aliphatic carbocycles. The van der Waals surface area contributed by atoms with E-state index in [0.717, 1.165) is 51.7 Å². The fourth-order valence-corrected chi connectivity index (χ4v) is 6.24. The van der Waals surface area contributed by atoms with E-state index in [0.29, 0.717) is 13.1 Å². The number of aromatic nitrogens is 1. The molecule has 5 nitrogen and oxygen atoms in total. The zero-order valence-corrected chi connectivity index (χ0v) is 15.5. The number of nitrogens with one attached hydrogen (secondary N) is 1. The Labute approximate surface area is 150 Å². The summed E-state index contributed by atoms with van der Waals surface area (Å²) >= 11 is 0. The third-order valence-corrected chi connectivity index (χ3v) is 8.19. The van der Waals surface area contributed by atoms with E-state index in [1.54, 1.807) is 4.31 Å². The second kappa shape index (κ2) is 7.09. The number of para-hydroxylation sites is 1. The number of hydrogen-bond acceptors (Lipinski definition) is 3. The maximum absolute atomic E-state index is 12.7. The molecule has 2 aromatic rings. The number of benzene rings is 1. The monoisotopic (exact) mass is 361 g/mol. The molecule has 136 valence electrons. The van der Waals surface area contributed by atoms with Crippen molar-refractivity contribution >= 4 is 20.9 Å². The molecule has 0 spiro atoms. The van der Waals surface area contributed by atoms with E-state index in [9.17, 15) is 8.42 Å². The maximum atomic E-state index is 12.7. The van der Waals surface area contributed by atoms with Crippen LogP contribution in [0.1, 0.15) is 31.2 Å². The Kier molecular flexibility index (Phi) is 4.84. The average molecular weight is 362 g/mol. The molecule has 2 heterocycles. The number of fused-ring (bicyclic) bond motifs is 1. The SMILES string of the molecule is O=S(=O)(C1CCCC1)N1CCN(CCc2c[nH]c3ccccc23)CC1. The molecule has 1 aromatic heterocycles. The van der Waals surface area contributed by atoms with Crippen LogP contribution in [0.15, 0.2) is 30.5 Å². The van der Waals surface area contributed by atoms with Crippen LogP contribution in [0.25, 0.3) is 10.9 Å². The summed E-state index contributed by atoms with van der Waals surface area (Å²) in [5.41, 5.74) is 2.53. The van der Waals surface area contributed by atoms with Crippen LogP contribution in [-0.4, -0.2) is 60.6 Å². The highest BCUT2D eigenvalue weighted by Crippen LogP contribution is 2.27. The fraction of sp³-hybridized carbons (Fsp3) is 0.579. The van der Waals surface area contributed by atoms with Gasteiger partial charge in [-0.15, -0.1) is 0 Å². The largest absolute Gasteiger partial charge is 0.361 e. The summed E-state index contributed by atoms with van der Waals surface area (Å²) in [4.78, 5) is 5.72. The van der Waals surface area contributed by atoms with E-state index in [1.165, 1.54) is 16.5 Å². The average Bonchev–Trinajstić information content (AvgIpc) is 3.31. The van der Waals surface area contributed by atoms with Gasteiger partial charge in [0.1, 0.15) is 0 Å². The van der Waals surface area contributed by atoms with E-state index >= 15 is 0 Å². The number of aromatic amines is 1. The van der Waals surface area contributed by atoms with Crippen LogP contribution in [-0.2, 0) is 16.4 Å². The van der Waals surface area contributed by atoms with Gasteiger partial charge in [-0.3, -0.25) is 0 Å².